The van der Waals surface area contributed by atoms with Crippen molar-refractivity contribution in [3.63, 3.8) is 0 Å². The molecule has 1 aliphatic rings. The Hall–Kier alpha value is -1.39. The van der Waals surface area contributed by atoms with Crippen molar-refractivity contribution in [2.75, 3.05) is 18.9 Å². The topological polar surface area (TPSA) is 52.6 Å². The van der Waals surface area contributed by atoms with Gasteiger partial charge in [0.2, 0.25) is 5.91 Å². The smallest absolute Gasteiger partial charge is 0.241 e. The highest BCUT2D eigenvalue weighted by atomic mass is 16.3. The number of anilines is 1. The van der Waals surface area contributed by atoms with E-state index in [1.165, 1.54) is 12.0 Å². The first kappa shape index (κ1) is 18.0. The van der Waals surface area contributed by atoms with E-state index >= 15 is 0 Å². The molecule has 1 aliphatic carbocycles. The molecule has 1 saturated carbocycles. The van der Waals surface area contributed by atoms with Gasteiger partial charge in [-0.2, -0.15) is 0 Å². The lowest BCUT2D eigenvalue weighted by Crippen LogP contribution is -2.44. The van der Waals surface area contributed by atoms with Crippen molar-refractivity contribution in [3.8, 4) is 0 Å². The highest BCUT2D eigenvalue weighted by Crippen LogP contribution is 2.25. The zero-order valence-corrected chi connectivity index (χ0v) is 14.8. The molecule has 23 heavy (non-hydrogen) atoms. The number of rotatable bonds is 5. The van der Waals surface area contributed by atoms with Gasteiger partial charge in [-0.05, 0) is 58.2 Å². The summed E-state index contributed by atoms with van der Waals surface area (Å²) >= 11 is 0. The van der Waals surface area contributed by atoms with Crippen LogP contribution in [0.25, 0.3) is 0 Å². The van der Waals surface area contributed by atoms with Crippen LogP contribution in [0.3, 0.4) is 0 Å². The Morgan fingerprint density at radius 3 is 2.70 bits per heavy atom. The molecular formula is C19H30N2O2. The summed E-state index contributed by atoms with van der Waals surface area (Å²) in [5.74, 6) is 0.287. The third-order valence-corrected chi connectivity index (χ3v) is 5.07. The van der Waals surface area contributed by atoms with Crippen LogP contribution in [-0.2, 0) is 4.79 Å². The first-order valence-corrected chi connectivity index (χ1v) is 8.65. The van der Waals surface area contributed by atoms with Crippen LogP contribution in [0.4, 0.5) is 5.69 Å². The van der Waals surface area contributed by atoms with Gasteiger partial charge in [0.15, 0.2) is 0 Å². The Labute approximate surface area is 139 Å². The molecule has 2 N–H and O–H groups in total. The molecule has 1 aromatic carbocycles. The van der Waals surface area contributed by atoms with E-state index in [4.69, 9.17) is 0 Å². The van der Waals surface area contributed by atoms with E-state index in [1.807, 2.05) is 40.0 Å². The van der Waals surface area contributed by atoms with Gasteiger partial charge in [0.1, 0.15) is 0 Å². The summed E-state index contributed by atoms with van der Waals surface area (Å²) in [6.45, 7) is 6.75. The molecule has 4 nitrogen and oxygen atoms in total. The van der Waals surface area contributed by atoms with Gasteiger partial charge in [-0.25, -0.2) is 0 Å². The number of aliphatic hydroxyl groups excluding tert-OH is 1. The molecule has 0 aliphatic heterocycles. The van der Waals surface area contributed by atoms with Crippen LogP contribution in [0.2, 0.25) is 0 Å². The Balaban J connectivity index is 1.92. The van der Waals surface area contributed by atoms with E-state index in [1.54, 1.807) is 0 Å². The zero-order valence-electron chi connectivity index (χ0n) is 14.8. The van der Waals surface area contributed by atoms with Gasteiger partial charge >= 0.3 is 0 Å². The highest BCUT2D eigenvalue weighted by Gasteiger charge is 2.27. The molecule has 0 saturated heterocycles. The van der Waals surface area contributed by atoms with E-state index in [0.29, 0.717) is 0 Å². The van der Waals surface area contributed by atoms with Crippen molar-refractivity contribution in [2.24, 2.45) is 5.92 Å². The van der Waals surface area contributed by atoms with Crippen LogP contribution in [0.15, 0.2) is 18.2 Å². The summed E-state index contributed by atoms with van der Waals surface area (Å²) in [6, 6.07) is 5.82. The Morgan fingerprint density at radius 1 is 1.35 bits per heavy atom. The van der Waals surface area contributed by atoms with Gasteiger partial charge in [0.05, 0.1) is 12.1 Å². The Kier molecular flexibility index (Phi) is 6.19. The fourth-order valence-electron chi connectivity index (χ4n) is 3.32. The van der Waals surface area contributed by atoms with Gasteiger partial charge in [-0.3, -0.25) is 9.69 Å². The predicted molar refractivity (Wildman–Crippen MR) is 94.6 cm³/mol. The van der Waals surface area contributed by atoms with E-state index in [2.05, 4.69) is 16.3 Å². The van der Waals surface area contributed by atoms with E-state index in [-0.39, 0.29) is 24.0 Å². The standard InChI is InChI=1S/C19H30N2O2/c1-13-9-10-17(14(2)11-13)20-19(23)15(3)21(4)12-16-7-5-6-8-18(16)22/h9-11,15-16,18,22H,5-8,12H2,1-4H3,(H,20,23). The van der Waals surface area contributed by atoms with Crippen LogP contribution in [0.1, 0.15) is 43.7 Å². The van der Waals surface area contributed by atoms with Gasteiger partial charge in [0, 0.05) is 12.2 Å². The average molecular weight is 318 g/mol. The second-order valence-electron chi connectivity index (χ2n) is 7.04. The fraction of sp³-hybridized carbons (Fsp3) is 0.632. The summed E-state index contributed by atoms with van der Waals surface area (Å²) < 4.78 is 0. The minimum absolute atomic E-state index is 0.00440. The molecule has 128 valence electrons. The summed E-state index contributed by atoms with van der Waals surface area (Å²) in [6.07, 6.45) is 4.02. The number of nitrogens with zero attached hydrogens (tertiary/aromatic N) is 1. The number of aliphatic hydroxyl groups is 1. The van der Waals surface area contributed by atoms with Crippen molar-refractivity contribution in [1.82, 2.24) is 4.90 Å². The van der Waals surface area contributed by atoms with E-state index < -0.39 is 0 Å². The second kappa shape index (κ2) is 7.93. The SMILES string of the molecule is Cc1ccc(NC(=O)C(C)N(C)CC2CCCCC2O)c(C)c1. The lowest BCUT2D eigenvalue weighted by molar-refractivity contribution is -0.120. The second-order valence-corrected chi connectivity index (χ2v) is 7.04. The van der Waals surface area contributed by atoms with Crippen LogP contribution >= 0.6 is 0 Å². The lowest BCUT2D eigenvalue weighted by atomic mass is 9.86. The molecule has 1 fully saturated rings. The minimum Gasteiger partial charge on any atom is -0.393 e. The van der Waals surface area contributed by atoms with Gasteiger partial charge in [0.25, 0.3) is 0 Å². The predicted octanol–water partition coefficient (Wildman–Crippen LogP) is 3.11. The third-order valence-electron chi connectivity index (χ3n) is 5.07. The maximum atomic E-state index is 12.5. The van der Waals surface area contributed by atoms with Crippen molar-refractivity contribution in [2.45, 2.75) is 58.6 Å². The van der Waals surface area contributed by atoms with Crippen molar-refractivity contribution in [1.29, 1.82) is 0 Å². The molecule has 0 bridgehead atoms. The van der Waals surface area contributed by atoms with E-state index in [0.717, 1.165) is 37.1 Å². The van der Waals surface area contributed by atoms with Gasteiger partial charge in [-0.15, -0.1) is 0 Å². The molecule has 3 unspecified atom stereocenters. The molecule has 0 spiro atoms. The van der Waals surface area contributed by atoms with Crippen LogP contribution in [0.5, 0.6) is 0 Å². The number of likely N-dealkylation sites (N-methyl/N-ethyl adjacent to an activating group) is 1. The molecule has 0 heterocycles. The molecular weight excluding hydrogens is 288 g/mol. The van der Waals surface area contributed by atoms with Crippen molar-refractivity contribution in [3.05, 3.63) is 29.3 Å². The van der Waals surface area contributed by atoms with Gasteiger partial charge in [-0.1, -0.05) is 30.5 Å². The van der Waals surface area contributed by atoms with Crippen molar-refractivity contribution < 1.29 is 9.90 Å². The number of hydrogen-bond donors (Lipinski definition) is 2. The summed E-state index contributed by atoms with van der Waals surface area (Å²) in [7, 11) is 1.97. The molecule has 0 aromatic heterocycles. The Bertz CT molecular complexity index is 544. The third kappa shape index (κ3) is 4.79. The summed E-state index contributed by atoms with van der Waals surface area (Å²) in [4.78, 5) is 14.6. The van der Waals surface area contributed by atoms with Gasteiger partial charge < -0.3 is 10.4 Å². The molecule has 4 heteroatoms. The lowest BCUT2D eigenvalue weighted by Gasteiger charge is -2.33. The normalized spacial score (nSPS) is 22.9. The molecule has 1 amide bonds. The number of nitrogens with one attached hydrogen (secondary N) is 1. The number of carbonyl (C=O) groups is 1. The summed E-state index contributed by atoms with van der Waals surface area (Å²) in [5, 5.41) is 13.1. The quantitative estimate of drug-likeness (QED) is 0.877. The highest BCUT2D eigenvalue weighted by molar-refractivity contribution is 5.95. The number of benzene rings is 1. The first-order valence-electron chi connectivity index (χ1n) is 8.65. The Morgan fingerprint density at radius 2 is 2.04 bits per heavy atom. The minimum atomic E-state index is -0.221. The number of hydrogen-bond acceptors (Lipinski definition) is 3. The zero-order chi connectivity index (χ0) is 17.0. The number of carbonyl (C=O) groups excluding carboxylic acids is 1. The molecule has 3 atom stereocenters. The number of amides is 1. The molecule has 0 radical (unpaired) electrons. The fourth-order valence-corrected chi connectivity index (χ4v) is 3.32. The number of aryl methyl sites for hydroxylation is 2. The maximum Gasteiger partial charge on any atom is 0.241 e. The van der Waals surface area contributed by atoms with Crippen LogP contribution in [0, 0.1) is 19.8 Å². The summed E-state index contributed by atoms with van der Waals surface area (Å²) in [5.41, 5.74) is 3.14. The molecule has 1 aromatic rings. The first-order chi connectivity index (χ1) is 10.9. The van der Waals surface area contributed by atoms with Crippen molar-refractivity contribution >= 4 is 11.6 Å². The monoisotopic (exact) mass is 318 g/mol. The van der Waals surface area contributed by atoms with Crippen LogP contribution in [-0.4, -0.2) is 41.7 Å². The largest absolute Gasteiger partial charge is 0.393 e. The maximum absolute atomic E-state index is 12.5. The molecule has 2 rings (SSSR count). The van der Waals surface area contributed by atoms with Crippen LogP contribution < -0.4 is 5.32 Å². The average Bonchev–Trinajstić information content (AvgIpc) is 2.51. The van der Waals surface area contributed by atoms with E-state index in [9.17, 15) is 9.90 Å².